The molecule has 6 heteroatoms. The molecule has 0 fully saturated rings. The summed E-state index contributed by atoms with van der Waals surface area (Å²) >= 11 is 11.1. The van der Waals surface area contributed by atoms with E-state index in [1.54, 1.807) is 13.8 Å². The maximum Gasteiger partial charge on any atom is 0.227 e. The van der Waals surface area contributed by atoms with E-state index in [9.17, 15) is 9.18 Å². The lowest BCUT2D eigenvalue weighted by Crippen LogP contribution is -2.19. The molecular weight excluding hydrogens is 313 g/mol. The highest BCUT2D eigenvalue weighted by Crippen LogP contribution is 2.25. The van der Waals surface area contributed by atoms with Gasteiger partial charge in [0.15, 0.2) is 5.05 Å². The summed E-state index contributed by atoms with van der Waals surface area (Å²) in [5, 5.41) is 3.19. The van der Waals surface area contributed by atoms with Gasteiger partial charge in [0.05, 0.1) is 12.3 Å². The zero-order valence-electron chi connectivity index (χ0n) is 12.3. The summed E-state index contributed by atoms with van der Waals surface area (Å²) in [6.07, 6.45) is 1.16. The maximum atomic E-state index is 13.8. The van der Waals surface area contributed by atoms with Gasteiger partial charge in [-0.1, -0.05) is 32.4 Å². The van der Waals surface area contributed by atoms with Crippen LogP contribution in [0, 0.1) is 11.7 Å². The zero-order valence-corrected chi connectivity index (χ0v) is 13.9. The van der Waals surface area contributed by atoms with E-state index in [1.807, 2.05) is 6.92 Å². The first-order valence-corrected chi connectivity index (χ1v) is 7.58. The third-order valence-corrected chi connectivity index (χ3v) is 3.33. The summed E-state index contributed by atoms with van der Waals surface area (Å²) in [6.45, 7) is 5.98. The van der Waals surface area contributed by atoms with Crippen molar-refractivity contribution in [2.75, 3.05) is 11.9 Å². The number of nitrogens with one attached hydrogen (secondary N) is 1. The molecule has 0 heterocycles. The number of ether oxygens (including phenoxy) is 1. The van der Waals surface area contributed by atoms with Gasteiger partial charge in [0.1, 0.15) is 5.82 Å². The van der Waals surface area contributed by atoms with Crippen LogP contribution in [-0.2, 0) is 16.0 Å². The number of halogens is 2. The number of rotatable bonds is 6. The molecule has 0 unspecified atom stereocenters. The van der Waals surface area contributed by atoms with Gasteiger partial charge < -0.3 is 10.1 Å². The molecule has 1 aromatic rings. The van der Waals surface area contributed by atoms with Crippen molar-refractivity contribution in [3.05, 3.63) is 28.5 Å². The van der Waals surface area contributed by atoms with Crippen LogP contribution < -0.4 is 5.32 Å². The fourth-order valence-electron chi connectivity index (χ4n) is 1.52. The van der Waals surface area contributed by atoms with Crippen LogP contribution in [0.2, 0.25) is 5.02 Å². The molecule has 0 saturated carbocycles. The van der Waals surface area contributed by atoms with Gasteiger partial charge in [-0.05, 0) is 36.3 Å². The molecule has 1 amide bonds. The first kappa shape index (κ1) is 17.9. The lowest BCUT2D eigenvalue weighted by Gasteiger charge is -2.13. The van der Waals surface area contributed by atoms with Crippen molar-refractivity contribution < 1.29 is 13.9 Å². The van der Waals surface area contributed by atoms with Crippen LogP contribution >= 0.6 is 23.8 Å². The second-order valence-electron chi connectivity index (χ2n) is 4.96. The van der Waals surface area contributed by atoms with Crippen molar-refractivity contribution in [3.8, 4) is 0 Å². The highest BCUT2D eigenvalue weighted by molar-refractivity contribution is 7.80. The average Bonchev–Trinajstić information content (AvgIpc) is 2.41. The number of carbonyl (C=O) groups excluding carboxylic acids is 1. The van der Waals surface area contributed by atoms with Gasteiger partial charge in [0, 0.05) is 17.4 Å². The zero-order chi connectivity index (χ0) is 16.0. The summed E-state index contributed by atoms with van der Waals surface area (Å²) < 4.78 is 19.2. The molecule has 116 valence electrons. The van der Waals surface area contributed by atoms with E-state index in [0.29, 0.717) is 23.6 Å². The van der Waals surface area contributed by atoms with Crippen LogP contribution in [-0.4, -0.2) is 17.6 Å². The van der Waals surface area contributed by atoms with Crippen molar-refractivity contribution in [3.63, 3.8) is 0 Å². The molecule has 0 aliphatic heterocycles. The molecule has 0 bridgehead atoms. The minimum atomic E-state index is -0.571. The Bertz CT molecular complexity index is 535. The minimum absolute atomic E-state index is 0.103. The largest absolute Gasteiger partial charge is 0.487 e. The van der Waals surface area contributed by atoms with Crippen LogP contribution in [0.4, 0.5) is 10.1 Å². The second-order valence-corrected chi connectivity index (χ2v) is 5.83. The molecule has 0 aromatic heterocycles. The van der Waals surface area contributed by atoms with E-state index >= 15 is 0 Å². The number of amides is 1. The second kappa shape index (κ2) is 8.29. The quantitative estimate of drug-likeness (QED) is 0.787. The van der Waals surface area contributed by atoms with E-state index in [1.165, 1.54) is 12.1 Å². The highest BCUT2D eigenvalue weighted by Gasteiger charge is 2.14. The van der Waals surface area contributed by atoms with Crippen molar-refractivity contribution in [2.24, 2.45) is 5.92 Å². The Labute approximate surface area is 134 Å². The number of anilines is 1. The Morgan fingerprint density at radius 1 is 1.48 bits per heavy atom. The molecule has 0 radical (unpaired) electrons. The molecule has 0 aliphatic carbocycles. The number of carbonyl (C=O) groups is 1. The van der Waals surface area contributed by atoms with Crippen molar-refractivity contribution in [1.29, 1.82) is 0 Å². The molecule has 1 aromatic carbocycles. The Kier molecular flexibility index (Phi) is 7.05. The summed E-state index contributed by atoms with van der Waals surface area (Å²) in [6, 6.07) is 2.68. The molecule has 1 N–H and O–H groups in total. The number of benzene rings is 1. The predicted octanol–water partition coefficient (Wildman–Crippen LogP) is 4.37. The molecular formula is C15H19ClFNO2S. The molecule has 3 nitrogen and oxygen atoms in total. The number of thiocarbonyl (C=S) groups is 1. The fraction of sp³-hybridized carbons (Fsp3) is 0.467. The van der Waals surface area contributed by atoms with Crippen molar-refractivity contribution in [1.82, 2.24) is 0 Å². The summed E-state index contributed by atoms with van der Waals surface area (Å²) in [4.78, 5) is 11.7. The smallest absolute Gasteiger partial charge is 0.227 e. The van der Waals surface area contributed by atoms with Crippen molar-refractivity contribution in [2.45, 2.75) is 33.6 Å². The van der Waals surface area contributed by atoms with Gasteiger partial charge in [-0.25, -0.2) is 4.39 Å². The minimum Gasteiger partial charge on any atom is -0.487 e. The lowest BCUT2D eigenvalue weighted by atomic mass is 10.1. The van der Waals surface area contributed by atoms with Gasteiger partial charge in [-0.2, -0.15) is 0 Å². The van der Waals surface area contributed by atoms with E-state index in [-0.39, 0.29) is 22.5 Å². The normalized spacial score (nSPS) is 10.6. The third kappa shape index (κ3) is 5.59. The van der Waals surface area contributed by atoms with E-state index in [0.717, 1.165) is 6.42 Å². The van der Waals surface area contributed by atoms with E-state index in [4.69, 9.17) is 28.6 Å². The maximum absolute atomic E-state index is 13.8. The first-order valence-electron chi connectivity index (χ1n) is 6.79. The molecule has 0 atom stereocenters. The average molecular weight is 332 g/mol. The standard InChI is InChI=1S/C15H19ClFNO2S/c1-4-5-20-14(21)7-10-6-13(12(17)8-11(10)16)18-15(19)9(2)3/h6,8-9H,4-5,7H2,1-3H3,(H,18,19). The fourth-order valence-corrected chi connectivity index (χ4v) is 1.98. The third-order valence-electron chi connectivity index (χ3n) is 2.72. The van der Waals surface area contributed by atoms with Gasteiger partial charge in [-0.15, -0.1) is 0 Å². The van der Waals surface area contributed by atoms with Gasteiger partial charge >= 0.3 is 0 Å². The lowest BCUT2D eigenvalue weighted by molar-refractivity contribution is -0.118. The van der Waals surface area contributed by atoms with E-state index in [2.05, 4.69) is 5.32 Å². The van der Waals surface area contributed by atoms with Gasteiger partial charge in [0.25, 0.3) is 0 Å². The topological polar surface area (TPSA) is 38.3 Å². The summed E-state index contributed by atoms with van der Waals surface area (Å²) in [5.74, 6) is -1.07. The van der Waals surface area contributed by atoms with Crippen LogP contribution in [0.3, 0.4) is 0 Å². The van der Waals surface area contributed by atoms with Crippen LogP contribution in [0.25, 0.3) is 0 Å². The Morgan fingerprint density at radius 3 is 2.71 bits per heavy atom. The van der Waals surface area contributed by atoms with Gasteiger partial charge in [0.2, 0.25) is 5.91 Å². The highest BCUT2D eigenvalue weighted by atomic mass is 35.5. The molecule has 21 heavy (non-hydrogen) atoms. The molecule has 0 aliphatic rings. The molecule has 0 spiro atoms. The summed E-state index contributed by atoms with van der Waals surface area (Å²) in [5.41, 5.74) is 0.726. The van der Waals surface area contributed by atoms with Gasteiger partial charge in [-0.3, -0.25) is 4.79 Å². The van der Waals surface area contributed by atoms with E-state index < -0.39 is 5.82 Å². The number of hydrogen-bond acceptors (Lipinski definition) is 3. The summed E-state index contributed by atoms with van der Waals surface area (Å²) in [7, 11) is 0. The SMILES string of the molecule is CCCOC(=S)Cc1cc(NC(=O)C(C)C)c(F)cc1Cl. The Morgan fingerprint density at radius 2 is 2.14 bits per heavy atom. The molecule has 0 saturated heterocycles. The van der Waals surface area contributed by atoms with Crippen LogP contribution in [0.1, 0.15) is 32.8 Å². The molecule has 1 rings (SSSR count). The predicted molar refractivity (Wildman–Crippen MR) is 87.4 cm³/mol. The monoisotopic (exact) mass is 331 g/mol. The van der Waals surface area contributed by atoms with Crippen LogP contribution in [0.15, 0.2) is 12.1 Å². The van der Waals surface area contributed by atoms with Crippen LogP contribution in [0.5, 0.6) is 0 Å². The number of hydrogen-bond donors (Lipinski definition) is 1. The first-order chi connectivity index (χ1) is 9.85. The Balaban J connectivity index is 2.90. The Hall–Kier alpha value is -1.20. The van der Waals surface area contributed by atoms with Crippen molar-refractivity contribution >= 4 is 40.5 Å².